The zero-order valence-electron chi connectivity index (χ0n) is 12.8. The van der Waals surface area contributed by atoms with Crippen molar-refractivity contribution in [3.05, 3.63) is 43.9 Å². The number of thiophene rings is 1. The summed E-state index contributed by atoms with van der Waals surface area (Å²) in [5.74, 6) is 1.12. The molecule has 1 saturated heterocycles. The molecule has 1 aliphatic heterocycles. The predicted octanol–water partition coefficient (Wildman–Crippen LogP) is 4.71. The lowest BCUT2D eigenvalue weighted by atomic mass is 9.96. The lowest BCUT2D eigenvalue weighted by Crippen LogP contribution is -2.15. The fourth-order valence-corrected chi connectivity index (χ4v) is 4.52. The highest BCUT2D eigenvalue weighted by atomic mass is 79.9. The summed E-state index contributed by atoms with van der Waals surface area (Å²) in [4.78, 5) is 5.62. The first-order chi connectivity index (χ1) is 11.7. The first-order valence-corrected chi connectivity index (χ1v) is 9.86. The van der Waals surface area contributed by atoms with Crippen LogP contribution in [0.2, 0.25) is 5.28 Å². The van der Waals surface area contributed by atoms with Crippen LogP contribution < -0.4 is 5.32 Å². The zero-order chi connectivity index (χ0) is 16.5. The number of aromatic nitrogens is 3. The number of anilines is 1. The third kappa shape index (κ3) is 3.18. The zero-order valence-corrected chi connectivity index (χ0v) is 16.0. The van der Waals surface area contributed by atoms with Crippen molar-refractivity contribution in [2.75, 3.05) is 18.5 Å². The molecule has 5 nitrogen and oxygen atoms in total. The second-order valence-corrected chi connectivity index (χ2v) is 7.89. The van der Waals surface area contributed by atoms with Gasteiger partial charge >= 0.3 is 0 Å². The monoisotopic (exact) mass is 426 g/mol. The molecule has 0 aliphatic carbocycles. The van der Waals surface area contributed by atoms with Crippen LogP contribution in [0.15, 0.2) is 28.2 Å². The fraction of sp³-hybridized carbons (Fsp3) is 0.375. The molecule has 3 aromatic heterocycles. The van der Waals surface area contributed by atoms with Gasteiger partial charge in [-0.05, 0) is 63.4 Å². The van der Waals surface area contributed by atoms with Gasteiger partial charge in [0.25, 0.3) is 0 Å². The van der Waals surface area contributed by atoms with E-state index in [0.29, 0.717) is 12.5 Å². The van der Waals surface area contributed by atoms with Crippen LogP contribution in [0.5, 0.6) is 0 Å². The topological polar surface area (TPSA) is 51.5 Å². The van der Waals surface area contributed by atoms with Gasteiger partial charge in [0.05, 0.1) is 13.2 Å². The Labute approximate surface area is 157 Å². The van der Waals surface area contributed by atoms with Gasteiger partial charge in [0.2, 0.25) is 5.28 Å². The molecule has 1 aliphatic rings. The molecule has 0 saturated carbocycles. The van der Waals surface area contributed by atoms with Crippen molar-refractivity contribution in [3.8, 4) is 0 Å². The van der Waals surface area contributed by atoms with Crippen LogP contribution >= 0.6 is 38.9 Å². The van der Waals surface area contributed by atoms with Crippen molar-refractivity contribution in [1.82, 2.24) is 14.6 Å². The van der Waals surface area contributed by atoms with Crippen molar-refractivity contribution in [3.63, 3.8) is 0 Å². The molecule has 0 spiro atoms. The highest BCUT2D eigenvalue weighted by molar-refractivity contribution is 9.10. The Kier molecular flexibility index (Phi) is 4.76. The van der Waals surface area contributed by atoms with E-state index >= 15 is 0 Å². The quantitative estimate of drug-likeness (QED) is 0.655. The van der Waals surface area contributed by atoms with Crippen LogP contribution in [-0.4, -0.2) is 27.8 Å². The Balaban J connectivity index is 1.70. The number of hydrogen-bond acceptors (Lipinski definition) is 5. The van der Waals surface area contributed by atoms with E-state index in [1.165, 1.54) is 10.4 Å². The average molecular weight is 428 g/mol. The fourth-order valence-electron chi connectivity index (χ4n) is 3.00. The molecule has 8 heteroatoms. The molecule has 1 atom stereocenters. The van der Waals surface area contributed by atoms with Gasteiger partial charge < -0.3 is 10.1 Å². The Morgan fingerprint density at radius 3 is 3.17 bits per heavy atom. The Hall–Kier alpha value is -1.15. The molecule has 0 bridgehead atoms. The van der Waals surface area contributed by atoms with Crippen LogP contribution in [0.4, 0.5) is 5.82 Å². The number of rotatable bonds is 4. The number of ether oxygens (including phenoxy) is 1. The summed E-state index contributed by atoms with van der Waals surface area (Å²) < 4.78 is 8.37. The van der Waals surface area contributed by atoms with E-state index in [2.05, 4.69) is 48.8 Å². The molecule has 0 aromatic carbocycles. The first-order valence-electron chi connectivity index (χ1n) is 7.81. The van der Waals surface area contributed by atoms with Gasteiger partial charge in [-0.3, -0.25) is 0 Å². The third-order valence-electron chi connectivity index (χ3n) is 4.18. The second kappa shape index (κ2) is 7.00. The minimum atomic E-state index is 0.221. The first kappa shape index (κ1) is 16.3. The molecule has 0 radical (unpaired) electrons. The highest BCUT2D eigenvalue weighted by Crippen LogP contribution is 2.35. The maximum atomic E-state index is 6.13. The van der Waals surface area contributed by atoms with E-state index in [0.717, 1.165) is 42.0 Å². The summed E-state index contributed by atoms with van der Waals surface area (Å²) >= 11 is 11.5. The summed E-state index contributed by atoms with van der Waals surface area (Å²) in [5, 5.41) is 10.0. The molecule has 0 amide bonds. The van der Waals surface area contributed by atoms with Crippen LogP contribution in [-0.2, 0) is 11.3 Å². The van der Waals surface area contributed by atoms with E-state index in [1.807, 2.05) is 10.6 Å². The molecule has 1 fully saturated rings. The maximum Gasteiger partial charge on any atom is 0.243 e. The van der Waals surface area contributed by atoms with Crippen molar-refractivity contribution in [2.45, 2.75) is 25.3 Å². The van der Waals surface area contributed by atoms with Gasteiger partial charge in [-0.2, -0.15) is 4.98 Å². The van der Waals surface area contributed by atoms with Crippen LogP contribution in [0.3, 0.4) is 0 Å². The van der Waals surface area contributed by atoms with E-state index in [1.54, 1.807) is 11.3 Å². The normalized spacial score (nSPS) is 18.2. The summed E-state index contributed by atoms with van der Waals surface area (Å²) in [6.45, 7) is 2.31. The summed E-state index contributed by atoms with van der Waals surface area (Å²) in [7, 11) is 0. The molecular formula is C16H16BrClN4OS. The summed E-state index contributed by atoms with van der Waals surface area (Å²) in [6.07, 6.45) is 2.20. The van der Waals surface area contributed by atoms with Crippen LogP contribution in [0.25, 0.3) is 5.52 Å². The third-order valence-corrected chi connectivity index (χ3v) is 6.01. The SMILES string of the molecule is Clc1nc(NCc2cccs2)c2cc(C3CCCOC3)c(Br)n2n1. The molecule has 4 heterocycles. The van der Waals surface area contributed by atoms with Crippen LogP contribution in [0.1, 0.15) is 29.2 Å². The second-order valence-electron chi connectivity index (χ2n) is 5.76. The van der Waals surface area contributed by atoms with Gasteiger partial charge in [-0.15, -0.1) is 16.4 Å². The molecular weight excluding hydrogens is 412 g/mol. The molecule has 4 rings (SSSR count). The summed E-state index contributed by atoms with van der Waals surface area (Å²) in [6, 6.07) is 6.27. The van der Waals surface area contributed by atoms with E-state index in [9.17, 15) is 0 Å². The van der Waals surface area contributed by atoms with Gasteiger partial charge in [0.15, 0.2) is 5.82 Å². The number of hydrogen-bond donors (Lipinski definition) is 1. The average Bonchev–Trinajstić information content (AvgIpc) is 3.22. The van der Waals surface area contributed by atoms with E-state index < -0.39 is 0 Å². The standard InChI is InChI=1S/C16H16BrClN4OS/c17-14-12(10-3-1-5-23-9-10)7-13-15(20-16(18)21-22(13)14)19-8-11-4-2-6-24-11/h2,4,6-7,10H,1,3,5,8-9H2,(H,19,20,21). The maximum absolute atomic E-state index is 6.13. The van der Waals surface area contributed by atoms with Gasteiger partial charge in [0.1, 0.15) is 10.1 Å². The predicted molar refractivity (Wildman–Crippen MR) is 100 cm³/mol. The molecule has 1 unspecified atom stereocenters. The molecule has 24 heavy (non-hydrogen) atoms. The molecule has 3 aromatic rings. The number of fused-ring (bicyclic) bond motifs is 1. The minimum absolute atomic E-state index is 0.221. The van der Waals surface area contributed by atoms with Crippen molar-refractivity contribution < 1.29 is 4.74 Å². The number of halogens is 2. The molecule has 1 N–H and O–H groups in total. The van der Waals surface area contributed by atoms with Crippen molar-refractivity contribution >= 4 is 50.2 Å². The summed E-state index contributed by atoms with van der Waals surface area (Å²) in [5.41, 5.74) is 2.12. The lowest BCUT2D eigenvalue weighted by Gasteiger charge is -2.21. The van der Waals surface area contributed by atoms with Gasteiger partial charge in [-0.1, -0.05) is 6.07 Å². The van der Waals surface area contributed by atoms with Gasteiger partial charge in [-0.25, -0.2) is 4.52 Å². The smallest absolute Gasteiger partial charge is 0.243 e. The van der Waals surface area contributed by atoms with Crippen molar-refractivity contribution in [1.29, 1.82) is 0 Å². The number of nitrogens with one attached hydrogen (secondary N) is 1. The largest absolute Gasteiger partial charge is 0.381 e. The van der Waals surface area contributed by atoms with E-state index in [4.69, 9.17) is 16.3 Å². The molecule has 126 valence electrons. The number of nitrogens with zero attached hydrogens (tertiary/aromatic N) is 3. The van der Waals surface area contributed by atoms with E-state index in [-0.39, 0.29) is 5.28 Å². The van der Waals surface area contributed by atoms with Gasteiger partial charge in [0, 0.05) is 17.4 Å². The Morgan fingerprint density at radius 1 is 1.50 bits per heavy atom. The lowest BCUT2D eigenvalue weighted by molar-refractivity contribution is 0.0802. The van der Waals surface area contributed by atoms with Crippen LogP contribution in [0, 0.1) is 0 Å². The highest BCUT2D eigenvalue weighted by Gasteiger charge is 2.23. The minimum Gasteiger partial charge on any atom is -0.381 e. The Bertz CT molecular complexity index is 846. The van der Waals surface area contributed by atoms with Crippen molar-refractivity contribution in [2.24, 2.45) is 0 Å². The Morgan fingerprint density at radius 2 is 2.42 bits per heavy atom.